The third kappa shape index (κ3) is 2.08. The minimum Gasteiger partial charge on any atom is -0.276 e. The summed E-state index contributed by atoms with van der Waals surface area (Å²) < 4.78 is 0. The molecule has 52 valence electrons. The molecule has 0 fully saturated rings. The maximum atomic E-state index is 10.6. The molecule has 10 heavy (non-hydrogen) atoms. The van der Waals surface area contributed by atoms with Crippen LogP contribution in [-0.4, -0.2) is 5.78 Å². The van der Waals surface area contributed by atoms with Crippen LogP contribution in [0.2, 0.25) is 0 Å². The molecule has 0 aliphatic carbocycles. The van der Waals surface area contributed by atoms with E-state index < -0.39 is 5.78 Å². The molecule has 0 spiro atoms. The van der Waals surface area contributed by atoms with Gasteiger partial charge in [0.05, 0.1) is 4.91 Å². The normalized spacial score (nSPS) is 11.3. The average molecular weight is 153 g/mol. The molecule has 0 aliphatic rings. The second-order valence-corrected chi connectivity index (χ2v) is 2.12. The van der Waals surface area contributed by atoms with Gasteiger partial charge in [0, 0.05) is 0 Å². The van der Waals surface area contributed by atoms with Crippen LogP contribution < -0.4 is 0 Å². The van der Waals surface area contributed by atoms with Crippen LogP contribution >= 0.6 is 12.6 Å². The van der Waals surface area contributed by atoms with Gasteiger partial charge in [-0.2, -0.15) is 5.26 Å². The Labute approximate surface area is 65.3 Å². The van der Waals surface area contributed by atoms with Gasteiger partial charge in [-0.15, -0.1) is 12.6 Å². The highest BCUT2D eigenvalue weighted by Crippen LogP contribution is 2.09. The number of hydrogen-bond donors (Lipinski definition) is 1. The smallest absolute Gasteiger partial charge is 0.268 e. The van der Waals surface area contributed by atoms with Crippen molar-refractivity contribution in [3.05, 3.63) is 23.1 Å². The Balaban J connectivity index is 4.67. The van der Waals surface area contributed by atoms with E-state index in [0.29, 0.717) is 5.57 Å². The van der Waals surface area contributed by atoms with Gasteiger partial charge >= 0.3 is 0 Å². The second kappa shape index (κ2) is 3.91. The Morgan fingerprint density at radius 2 is 2.30 bits per heavy atom. The zero-order valence-corrected chi connectivity index (χ0v) is 6.48. The third-order valence-electron chi connectivity index (χ3n) is 0.996. The molecule has 0 saturated carbocycles. The summed E-state index contributed by atoms with van der Waals surface area (Å²) in [5.74, 6) is -0.624. The number of thiol groups is 1. The van der Waals surface area contributed by atoms with Crippen LogP contribution in [0.15, 0.2) is 23.1 Å². The number of carbonyl (C=O) groups excluding carboxylic acids is 1. The second-order valence-electron chi connectivity index (χ2n) is 1.68. The Morgan fingerprint density at radius 3 is 2.60 bits per heavy atom. The lowest BCUT2D eigenvalue weighted by molar-refractivity contribution is -0.110. The van der Waals surface area contributed by atoms with Gasteiger partial charge in [0.1, 0.15) is 6.07 Å². The summed E-state index contributed by atoms with van der Waals surface area (Å²) in [7, 11) is 0. The molecule has 0 aromatic heterocycles. The zero-order chi connectivity index (χ0) is 8.15. The van der Waals surface area contributed by atoms with Crippen LogP contribution in [0.1, 0.15) is 6.92 Å². The molecule has 2 nitrogen and oxygen atoms in total. The standard InChI is InChI=1S/C7H7NOS/c1-3-5(2)7(10)6(9)4-8/h3,10H,1H2,2H3/b7-5-. The van der Waals surface area contributed by atoms with E-state index in [1.165, 1.54) is 12.1 Å². The third-order valence-corrected chi connectivity index (χ3v) is 1.55. The highest BCUT2D eigenvalue weighted by Gasteiger charge is 2.04. The number of ketones is 1. The lowest BCUT2D eigenvalue weighted by atomic mass is 10.2. The van der Waals surface area contributed by atoms with Crippen molar-refractivity contribution in [3.63, 3.8) is 0 Å². The predicted molar refractivity (Wildman–Crippen MR) is 42.5 cm³/mol. The van der Waals surface area contributed by atoms with Gasteiger partial charge in [0.25, 0.3) is 5.78 Å². The fourth-order valence-electron chi connectivity index (χ4n) is 0.329. The van der Waals surface area contributed by atoms with Gasteiger partial charge in [-0.3, -0.25) is 4.79 Å². The maximum absolute atomic E-state index is 10.6. The van der Waals surface area contributed by atoms with E-state index >= 15 is 0 Å². The summed E-state index contributed by atoms with van der Waals surface area (Å²) in [6.07, 6.45) is 1.48. The molecule has 0 saturated heterocycles. The van der Waals surface area contributed by atoms with Gasteiger partial charge < -0.3 is 0 Å². The van der Waals surface area contributed by atoms with E-state index in [9.17, 15) is 4.79 Å². The van der Waals surface area contributed by atoms with E-state index in [0.717, 1.165) is 0 Å². The van der Waals surface area contributed by atoms with Crippen molar-refractivity contribution in [2.24, 2.45) is 0 Å². The Kier molecular flexibility index (Phi) is 3.52. The van der Waals surface area contributed by atoms with Crippen LogP contribution in [0.5, 0.6) is 0 Å². The molecule has 0 aromatic carbocycles. The van der Waals surface area contributed by atoms with E-state index in [-0.39, 0.29) is 4.91 Å². The Hall–Kier alpha value is -1.01. The van der Waals surface area contributed by atoms with E-state index in [1.807, 2.05) is 0 Å². The summed E-state index contributed by atoms with van der Waals surface area (Å²) in [6.45, 7) is 5.10. The molecule has 0 unspecified atom stereocenters. The summed E-state index contributed by atoms with van der Waals surface area (Å²) in [5, 5.41) is 8.13. The summed E-state index contributed by atoms with van der Waals surface area (Å²) in [6, 6.07) is 1.46. The molecule has 0 rings (SSSR count). The maximum Gasteiger partial charge on any atom is 0.268 e. The van der Waals surface area contributed by atoms with Gasteiger partial charge in [-0.05, 0) is 12.5 Å². The molecule has 0 aromatic rings. The number of carbonyl (C=O) groups is 1. The molecule has 0 N–H and O–H groups in total. The first-order chi connectivity index (χ1) is 4.63. The highest BCUT2D eigenvalue weighted by atomic mass is 32.1. The van der Waals surface area contributed by atoms with E-state index in [2.05, 4.69) is 19.2 Å². The van der Waals surface area contributed by atoms with Crippen LogP contribution in [0, 0.1) is 11.3 Å². The van der Waals surface area contributed by atoms with Gasteiger partial charge in [-0.25, -0.2) is 0 Å². The largest absolute Gasteiger partial charge is 0.276 e. The lowest BCUT2D eigenvalue weighted by Crippen LogP contribution is -1.93. The number of hydrogen-bond acceptors (Lipinski definition) is 3. The Bertz CT molecular complexity index is 234. The fraction of sp³-hybridized carbons (Fsp3) is 0.143. The highest BCUT2D eigenvalue weighted by molar-refractivity contribution is 7.85. The van der Waals surface area contributed by atoms with Crippen molar-refractivity contribution in [3.8, 4) is 6.07 Å². The Morgan fingerprint density at radius 1 is 1.80 bits per heavy atom. The molecule has 0 aliphatic heterocycles. The summed E-state index contributed by atoms with van der Waals surface area (Å²) >= 11 is 3.82. The average Bonchev–Trinajstić information content (AvgIpc) is 2.00. The molecule has 0 atom stereocenters. The van der Waals surface area contributed by atoms with Crippen molar-refractivity contribution >= 4 is 18.4 Å². The molecular formula is C7H7NOS. The topological polar surface area (TPSA) is 40.9 Å². The summed E-state index contributed by atoms with van der Waals surface area (Å²) in [5.41, 5.74) is 0.620. The van der Waals surface area contributed by atoms with Gasteiger partial charge in [0.2, 0.25) is 0 Å². The molecule has 0 heterocycles. The van der Waals surface area contributed by atoms with E-state index in [4.69, 9.17) is 5.26 Å². The van der Waals surface area contributed by atoms with Crippen LogP contribution in [0.25, 0.3) is 0 Å². The molecular weight excluding hydrogens is 146 g/mol. The quantitative estimate of drug-likeness (QED) is 0.282. The van der Waals surface area contributed by atoms with E-state index in [1.54, 1.807) is 6.92 Å². The van der Waals surface area contributed by atoms with Crippen LogP contribution in [-0.2, 0) is 4.79 Å². The van der Waals surface area contributed by atoms with Crippen LogP contribution in [0.4, 0.5) is 0 Å². The first kappa shape index (κ1) is 8.99. The molecule has 0 bridgehead atoms. The fourth-order valence-corrected chi connectivity index (χ4v) is 0.470. The van der Waals surface area contributed by atoms with Crippen molar-refractivity contribution < 1.29 is 4.79 Å². The molecule has 0 radical (unpaired) electrons. The number of allylic oxidation sites excluding steroid dienone is 3. The van der Waals surface area contributed by atoms with Crippen molar-refractivity contribution in [1.29, 1.82) is 5.26 Å². The number of rotatable bonds is 2. The first-order valence-corrected chi connectivity index (χ1v) is 3.05. The zero-order valence-electron chi connectivity index (χ0n) is 5.59. The summed E-state index contributed by atoms with van der Waals surface area (Å²) in [4.78, 5) is 10.7. The minimum atomic E-state index is -0.624. The van der Waals surface area contributed by atoms with Crippen LogP contribution in [0.3, 0.4) is 0 Å². The predicted octanol–water partition coefficient (Wildman–Crippen LogP) is 1.47. The van der Waals surface area contributed by atoms with Gasteiger partial charge in [0.15, 0.2) is 0 Å². The van der Waals surface area contributed by atoms with Crippen molar-refractivity contribution in [1.82, 2.24) is 0 Å². The molecule has 0 amide bonds. The number of nitriles is 1. The first-order valence-electron chi connectivity index (χ1n) is 2.60. The number of Topliss-reactive ketones (excluding diaryl/α,β-unsaturated/α-hetero) is 1. The van der Waals surface area contributed by atoms with Gasteiger partial charge in [-0.1, -0.05) is 12.7 Å². The molecule has 3 heteroatoms. The minimum absolute atomic E-state index is 0.164. The van der Waals surface area contributed by atoms with Crippen molar-refractivity contribution in [2.75, 3.05) is 0 Å². The van der Waals surface area contributed by atoms with Crippen molar-refractivity contribution in [2.45, 2.75) is 6.92 Å². The monoisotopic (exact) mass is 153 g/mol. The number of nitrogens with zero attached hydrogens (tertiary/aromatic N) is 1. The SMILES string of the molecule is C=C/C(C)=C(\S)C(=O)C#N. The lowest BCUT2D eigenvalue weighted by Gasteiger charge is -1.92.